The third-order valence-corrected chi connectivity index (χ3v) is 4.13. The largest absolute Gasteiger partial charge is 0.357 e. The van der Waals surface area contributed by atoms with E-state index >= 15 is 0 Å². The molecule has 0 aliphatic heterocycles. The second-order valence-corrected chi connectivity index (χ2v) is 6.49. The zero-order chi connectivity index (χ0) is 17.7. The van der Waals surface area contributed by atoms with E-state index in [-0.39, 0.29) is 24.0 Å². The molecule has 146 valence electrons. The van der Waals surface area contributed by atoms with Crippen molar-refractivity contribution in [3.63, 3.8) is 0 Å². The number of guanidine groups is 1. The third kappa shape index (κ3) is 12.3. The van der Waals surface area contributed by atoms with Crippen molar-refractivity contribution in [1.82, 2.24) is 20.4 Å². The van der Waals surface area contributed by atoms with Gasteiger partial charge in [0.2, 0.25) is 0 Å². The van der Waals surface area contributed by atoms with Gasteiger partial charge in [0.1, 0.15) is 0 Å². The van der Waals surface area contributed by atoms with Crippen LogP contribution in [0.5, 0.6) is 0 Å². The summed E-state index contributed by atoms with van der Waals surface area (Å²) in [4.78, 5) is 9.64. The molecule has 2 N–H and O–H groups in total. The molecule has 0 saturated heterocycles. The summed E-state index contributed by atoms with van der Waals surface area (Å²) in [5.74, 6) is 0.945. The molecular formula is C18H42IN5. The Balaban J connectivity index is 0. The second-order valence-electron chi connectivity index (χ2n) is 6.49. The quantitative estimate of drug-likeness (QED) is 0.206. The molecule has 0 radical (unpaired) electrons. The standard InChI is InChI=1S/C18H41N5.HI/c1-8-19-18(21-13-15-22(9-2)10-3)20-12-11-14-23(16(4)5)17(6)7;/h16-17H,8-15H2,1-7H3,(H2,19,20,21);1H. The van der Waals surface area contributed by atoms with Gasteiger partial charge in [-0.3, -0.25) is 9.89 Å². The lowest BCUT2D eigenvalue weighted by atomic mass is 10.2. The van der Waals surface area contributed by atoms with Crippen LogP contribution in [-0.4, -0.2) is 73.7 Å². The lowest BCUT2D eigenvalue weighted by Crippen LogP contribution is -2.42. The van der Waals surface area contributed by atoms with E-state index in [2.05, 4.69) is 68.9 Å². The highest BCUT2D eigenvalue weighted by molar-refractivity contribution is 14.0. The number of nitrogens with one attached hydrogen (secondary N) is 2. The van der Waals surface area contributed by atoms with E-state index in [1.807, 2.05) is 0 Å². The van der Waals surface area contributed by atoms with E-state index in [1.165, 1.54) is 0 Å². The van der Waals surface area contributed by atoms with Gasteiger partial charge < -0.3 is 15.5 Å². The van der Waals surface area contributed by atoms with Crippen molar-refractivity contribution >= 4 is 29.9 Å². The van der Waals surface area contributed by atoms with E-state index in [1.54, 1.807) is 0 Å². The van der Waals surface area contributed by atoms with Crippen molar-refractivity contribution < 1.29 is 0 Å². The maximum atomic E-state index is 4.70. The van der Waals surface area contributed by atoms with Gasteiger partial charge in [0, 0.05) is 44.8 Å². The molecule has 0 aromatic rings. The van der Waals surface area contributed by atoms with Crippen LogP contribution < -0.4 is 10.6 Å². The molecule has 0 aliphatic rings. The van der Waals surface area contributed by atoms with E-state index in [0.29, 0.717) is 12.1 Å². The van der Waals surface area contributed by atoms with Gasteiger partial charge in [-0.1, -0.05) is 13.8 Å². The number of hydrogen-bond donors (Lipinski definition) is 2. The molecule has 0 aromatic heterocycles. The van der Waals surface area contributed by atoms with E-state index in [0.717, 1.165) is 58.2 Å². The zero-order valence-corrected chi connectivity index (χ0v) is 19.4. The molecule has 0 saturated carbocycles. The van der Waals surface area contributed by atoms with Crippen molar-refractivity contribution in [2.24, 2.45) is 4.99 Å². The average Bonchev–Trinajstić information content (AvgIpc) is 2.50. The first-order chi connectivity index (χ1) is 11.0. The van der Waals surface area contributed by atoms with Crippen LogP contribution >= 0.6 is 24.0 Å². The molecule has 0 unspecified atom stereocenters. The SMILES string of the molecule is CCNC(=NCCCN(C(C)C)C(C)C)NCCN(CC)CC.I. The Morgan fingerprint density at radius 1 is 0.917 bits per heavy atom. The Hall–Kier alpha value is -0.0800. The molecule has 0 amide bonds. The monoisotopic (exact) mass is 455 g/mol. The minimum absolute atomic E-state index is 0. The summed E-state index contributed by atoms with van der Waals surface area (Å²) in [6.45, 7) is 22.7. The molecule has 24 heavy (non-hydrogen) atoms. The lowest BCUT2D eigenvalue weighted by molar-refractivity contribution is 0.174. The molecule has 0 heterocycles. The smallest absolute Gasteiger partial charge is 0.191 e. The highest BCUT2D eigenvalue weighted by Crippen LogP contribution is 2.05. The Morgan fingerprint density at radius 2 is 1.50 bits per heavy atom. The van der Waals surface area contributed by atoms with E-state index in [9.17, 15) is 0 Å². The van der Waals surface area contributed by atoms with Crippen LogP contribution in [0.2, 0.25) is 0 Å². The minimum Gasteiger partial charge on any atom is -0.357 e. The van der Waals surface area contributed by atoms with Crippen LogP contribution in [-0.2, 0) is 0 Å². The molecule has 0 aromatic carbocycles. The Kier molecular flexibility index (Phi) is 17.9. The Morgan fingerprint density at radius 3 is 1.96 bits per heavy atom. The van der Waals surface area contributed by atoms with Crippen LogP contribution in [0.25, 0.3) is 0 Å². The normalized spacial score (nSPS) is 12.2. The molecule has 0 aliphatic carbocycles. The van der Waals surface area contributed by atoms with Gasteiger partial charge in [0.25, 0.3) is 0 Å². The zero-order valence-electron chi connectivity index (χ0n) is 17.1. The van der Waals surface area contributed by atoms with Crippen LogP contribution in [0.4, 0.5) is 0 Å². The average molecular weight is 455 g/mol. The summed E-state index contributed by atoms with van der Waals surface area (Å²) in [6.07, 6.45) is 1.10. The predicted molar refractivity (Wildman–Crippen MR) is 119 cm³/mol. The van der Waals surface area contributed by atoms with E-state index < -0.39 is 0 Å². The van der Waals surface area contributed by atoms with Crippen molar-refractivity contribution in [2.75, 3.05) is 45.8 Å². The van der Waals surface area contributed by atoms with Crippen molar-refractivity contribution in [2.45, 2.75) is 67.0 Å². The van der Waals surface area contributed by atoms with Crippen LogP contribution in [0, 0.1) is 0 Å². The van der Waals surface area contributed by atoms with Gasteiger partial charge in [-0.25, -0.2) is 0 Å². The number of halogens is 1. The first kappa shape index (κ1) is 26.2. The summed E-state index contributed by atoms with van der Waals surface area (Å²) >= 11 is 0. The minimum atomic E-state index is 0. The second kappa shape index (κ2) is 16.4. The highest BCUT2D eigenvalue weighted by atomic mass is 127. The van der Waals surface area contributed by atoms with Gasteiger partial charge in [0.15, 0.2) is 5.96 Å². The molecule has 0 bridgehead atoms. The number of aliphatic imine (C=N–C) groups is 1. The fourth-order valence-electron chi connectivity index (χ4n) is 2.77. The number of nitrogens with zero attached hydrogens (tertiary/aromatic N) is 3. The number of likely N-dealkylation sites (N-methyl/N-ethyl adjacent to an activating group) is 1. The molecule has 0 atom stereocenters. The highest BCUT2D eigenvalue weighted by Gasteiger charge is 2.12. The predicted octanol–water partition coefficient (Wildman–Crippen LogP) is 3.01. The van der Waals surface area contributed by atoms with E-state index in [4.69, 9.17) is 4.99 Å². The molecule has 0 fully saturated rings. The van der Waals surface area contributed by atoms with Gasteiger partial charge in [-0.2, -0.15) is 0 Å². The Bertz CT molecular complexity index is 296. The summed E-state index contributed by atoms with van der Waals surface area (Å²) in [6, 6.07) is 1.19. The van der Waals surface area contributed by atoms with Gasteiger partial charge in [0.05, 0.1) is 0 Å². The first-order valence-corrected chi connectivity index (χ1v) is 9.46. The summed E-state index contributed by atoms with van der Waals surface area (Å²) < 4.78 is 0. The number of rotatable bonds is 12. The van der Waals surface area contributed by atoms with Crippen LogP contribution in [0.15, 0.2) is 4.99 Å². The molecule has 5 nitrogen and oxygen atoms in total. The summed E-state index contributed by atoms with van der Waals surface area (Å²) in [7, 11) is 0. The third-order valence-electron chi connectivity index (χ3n) is 4.13. The van der Waals surface area contributed by atoms with Gasteiger partial charge >= 0.3 is 0 Å². The van der Waals surface area contributed by atoms with Crippen molar-refractivity contribution in [1.29, 1.82) is 0 Å². The topological polar surface area (TPSA) is 42.9 Å². The van der Waals surface area contributed by atoms with Crippen molar-refractivity contribution in [3.8, 4) is 0 Å². The first-order valence-electron chi connectivity index (χ1n) is 9.46. The van der Waals surface area contributed by atoms with Gasteiger partial charge in [-0.05, 0) is 54.1 Å². The van der Waals surface area contributed by atoms with Crippen molar-refractivity contribution in [3.05, 3.63) is 0 Å². The maximum Gasteiger partial charge on any atom is 0.191 e. The lowest BCUT2D eigenvalue weighted by Gasteiger charge is -2.30. The summed E-state index contributed by atoms with van der Waals surface area (Å²) in [5, 5.41) is 6.77. The van der Waals surface area contributed by atoms with Crippen LogP contribution in [0.3, 0.4) is 0 Å². The maximum absolute atomic E-state index is 4.70. The number of hydrogen-bond acceptors (Lipinski definition) is 3. The Labute approximate surface area is 168 Å². The van der Waals surface area contributed by atoms with Gasteiger partial charge in [-0.15, -0.1) is 24.0 Å². The molecular weight excluding hydrogens is 413 g/mol. The van der Waals surface area contributed by atoms with Crippen LogP contribution in [0.1, 0.15) is 54.9 Å². The molecule has 6 heteroatoms. The summed E-state index contributed by atoms with van der Waals surface area (Å²) in [5.41, 5.74) is 0. The molecule has 0 spiro atoms. The fourth-order valence-corrected chi connectivity index (χ4v) is 2.77. The fraction of sp³-hybridized carbons (Fsp3) is 0.944. The molecule has 0 rings (SSSR count).